The summed E-state index contributed by atoms with van der Waals surface area (Å²) in [5.74, 6) is -1.08. The van der Waals surface area contributed by atoms with Gasteiger partial charge >= 0.3 is 6.18 Å². The molecule has 1 heterocycles. The molecule has 1 aromatic carbocycles. The van der Waals surface area contributed by atoms with Crippen LogP contribution in [0, 0.1) is 0 Å². The first-order valence-corrected chi connectivity index (χ1v) is 8.03. The number of carbonyl (C=O) groups is 1. The summed E-state index contributed by atoms with van der Waals surface area (Å²) in [7, 11) is 0. The van der Waals surface area contributed by atoms with Crippen LogP contribution < -0.4 is 0 Å². The lowest BCUT2D eigenvalue weighted by Crippen LogP contribution is -2.56. The SMILES string of the molecule is CCCCCC1=NN(C(=O)c2ccccc2Cl)[C@@](O)(C(F)(F)F)C1. The molecular formula is C16H18ClF3N2O2. The Hall–Kier alpha value is -1.60. The van der Waals surface area contributed by atoms with Gasteiger partial charge < -0.3 is 5.11 Å². The number of hydrazone groups is 1. The lowest BCUT2D eigenvalue weighted by Gasteiger charge is -2.32. The fourth-order valence-electron chi connectivity index (χ4n) is 2.52. The molecule has 1 atom stereocenters. The van der Waals surface area contributed by atoms with Crippen molar-refractivity contribution in [3.8, 4) is 0 Å². The van der Waals surface area contributed by atoms with Crippen molar-refractivity contribution in [1.29, 1.82) is 0 Å². The van der Waals surface area contributed by atoms with Crippen molar-refractivity contribution in [2.24, 2.45) is 5.10 Å². The Kier molecular flexibility index (Phi) is 5.55. The second kappa shape index (κ2) is 7.11. The lowest BCUT2D eigenvalue weighted by molar-refractivity contribution is -0.297. The molecule has 4 nitrogen and oxygen atoms in total. The van der Waals surface area contributed by atoms with Gasteiger partial charge in [0.2, 0.25) is 0 Å². The number of aliphatic hydroxyl groups is 1. The molecule has 0 spiro atoms. The number of carbonyl (C=O) groups excluding carboxylic acids is 1. The summed E-state index contributed by atoms with van der Waals surface area (Å²) in [6.07, 6.45) is -3.08. The van der Waals surface area contributed by atoms with Gasteiger partial charge in [0, 0.05) is 12.1 Å². The predicted octanol–water partition coefficient (Wildman–Crippen LogP) is 4.37. The maximum atomic E-state index is 13.4. The molecule has 0 aliphatic carbocycles. The topological polar surface area (TPSA) is 52.9 Å². The minimum absolute atomic E-state index is 0.00153. The van der Waals surface area contributed by atoms with E-state index in [9.17, 15) is 23.1 Å². The van der Waals surface area contributed by atoms with Crippen molar-refractivity contribution in [1.82, 2.24) is 5.01 Å². The van der Waals surface area contributed by atoms with Crippen LogP contribution in [0.4, 0.5) is 13.2 Å². The van der Waals surface area contributed by atoms with Crippen LogP contribution in [0.5, 0.6) is 0 Å². The normalized spacial score (nSPS) is 21.1. The molecule has 0 saturated carbocycles. The molecule has 8 heteroatoms. The van der Waals surface area contributed by atoms with Crippen LogP contribution >= 0.6 is 11.6 Å². The zero-order valence-electron chi connectivity index (χ0n) is 13.1. The number of hydrogen-bond donors (Lipinski definition) is 1. The van der Waals surface area contributed by atoms with Gasteiger partial charge in [-0.2, -0.15) is 23.3 Å². The Morgan fingerprint density at radius 1 is 1.38 bits per heavy atom. The van der Waals surface area contributed by atoms with E-state index in [2.05, 4.69) is 5.10 Å². The first-order chi connectivity index (χ1) is 11.2. The molecule has 24 heavy (non-hydrogen) atoms. The number of alkyl halides is 3. The van der Waals surface area contributed by atoms with E-state index in [1.165, 1.54) is 18.2 Å². The number of halogens is 4. The number of nitrogens with zero attached hydrogens (tertiary/aromatic N) is 2. The minimum Gasteiger partial charge on any atom is -0.362 e. The van der Waals surface area contributed by atoms with Crippen molar-refractivity contribution >= 4 is 23.2 Å². The van der Waals surface area contributed by atoms with Gasteiger partial charge in [-0.05, 0) is 25.0 Å². The molecule has 1 aliphatic heterocycles. The summed E-state index contributed by atoms with van der Waals surface area (Å²) < 4.78 is 40.1. The highest BCUT2D eigenvalue weighted by molar-refractivity contribution is 6.33. The van der Waals surface area contributed by atoms with Gasteiger partial charge in [0.15, 0.2) is 0 Å². The molecule has 0 bridgehead atoms. The van der Waals surface area contributed by atoms with Crippen LogP contribution in [0.25, 0.3) is 0 Å². The van der Waals surface area contributed by atoms with E-state index in [0.29, 0.717) is 12.8 Å². The van der Waals surface area contributed by atoms with Crippen LogP contribution in [0.15, 0.2) is 29.4 Å². The number of hydrogen-bond acceptors (Lipinski definition) is 3. The van der Waals surface area contributed by atoms with Gasteiger partial charge in [-0.25, -0.2) is 0 Å². The molecule has 0 unspecified atom stereocenters. The number of unbranched alkanes of at least 4 members (excludes halogenated alkanes) is 2. The smallest absolute Gasteiger partial charge is 0.362 e. The van der Waals surface area contributed by atoms with Crippen molar-refractivity contribution < 1.29 is 23.1 Å². The molecule has 0 aromatic heterocycles. The van der Waals surface area contributed by atoms with Gasteiger partial charge in [-0.15, -0.1) is 0 Å². The van der Waals surface area contributed by atoms with E-state index >= 15 is 0 Å². The average Bonchev–Trinajstić information content (AvgIpc) is 2.85. The monoisotopic (exact) mass is 362 g/mol. The summed E-state index contributed by atoms with van der Waals surface area (Å²) in [6.45, 7) is 1.97. The van der Waals surface area contributed by atoms with Gasteiger partial charge in [0.1, 0.15) is 0 Å². The molecule has 1 N–H and O–H groups in total. The predicted molar refractivity (Wildman–Crippen MR) is 84.8 cm³/mol. The zero-order chi connectivity index (χ0) is 18.0. The number of rotatable bonds is 5. The molecule has 132 valence electrons. The number of benzene rings is 1. The third-order valence-electron chi connectivity index (χ3n) is 3.86. The second-order valence-corrected chi connectivity index (χ2v) is 6.12. The van der Waals surface area contributed by atoms with E-state index in [0.717, 1.165) is 12.8 Å². The van der Waals surface area contributed by atoms with E-state index in [4.69, 9.17) is 11.6 Å². The molecule has 0 fully saturated rings. The zero-order valence-corrected chi connectivity index (χ0v) is 13.9. The molecular weight excluding hydrogens is 345 g/mol. The fraction of sp³-hybridized carbons (Fsp3) is 0.500. The summed E-state index contributed by atoms with van der Waals surface area (Å²) in [5, 5.41) is 14.1. The van der Waals surface area contributed by atoms with Crippen LogP contribution in [0.1, 0.15) is 49.4 Å². The first kappa shape index (κ1) is 18.7. The standard InChI is InChI=1S/C16H18ClF3N2O2/c1-2-3-4-7-11-10-15(24,16(18,19)20)22(21-11)14(23)12-8-5-6-9-13(12)17/h5-6,8-9,24H,2-4,7,10H2,1H3/t15-/m0/s1. The quantitative estimate of drug-likeness (QED) is 0.790. The Balaban J connectivity index is 2.34. The van der Waals surface area contributed by atoms with E-state index in [1.807, 2.05) is 6.92 Å². The molecule has 2 rings (SSSR count). The fourth-order valence-corrected chi connectivity index (χ4v) is 2.74. The molecule has 0 radical (unpaired) electrons. The van der Waals surface area contributed by atoms with Gasteiger partial charge in [-0.1, -0.05) is 43.5 Å². The molecule has 1 aromatic rings. The van der Waals surface area contributed by atoms with Crippen molar-refractivity contribution in [2.45, 2.75) is 50.9 Å². The summed E-state index contributed by atoms with van der Waals surface area (Å²) in [5.41, 5.74) is -3.32. The Morgan fingerprint density at radius 3 is 2.62 bits per heavy atom. The third kappa shape index (κ3) is 3.57. The number of amides is 1. The third-order valence-corrected chi connectivity index (χ3v) is 4.19. The van der Waals surface area contributed by atoms with Gasteiger partial charge in [-0.3, -0.25) is 4.79 Å². The average molecular weight is 363 g/mol. The summed E-state index contributed by atoms with van der Waals surface area (Å²) in [6, 6.07) is 5.72. The van der Waals surface area contributed by atoms with Gasteiger partial charge in [0.05, 0.1) is 10.6 Å². The van der Waals surface area contributed by atoms with Crippen LogP contribution in [-0.2, 0) is 0 Å². The Labute approximate surface area is 142 Å². The maximum absolute atomic E-state index is 13.4. The van der Waals surface area contributed by atoms with Gasteiger partial charge in [0.25, 0.3) is 11.6 Å². The van der Waals surface area contributed by atoms with E-state index < -0.39 is 24.2 Å². The summed E-state index contributed by atoms with van der Waals surface area (Å²) in [4.78, 5) is 12.5. The molecule has 1 aliphatic rings. The van der Waals surface area contributed by atoms with E-state index in [-0.39, 0.29) is 21.3 Å². The van der Waals surface area contributed by atoms with Crippen LogP contribution in [0.3, 0.4) is 0 Å². The highest BCUT2D eigenvalue weighted by Gasteiger charge is 2.63. The Bertz CT molecular complexity index is 648. The Morgan fingerprint density at radius 2 is 2.04 bits per heavy atom. The first-order valence-electron chi connectivity index (χ1n) is 7.65. The molecule has 1 amide bonds. The van der Waals surface area contributed by atoms with Crippen molar-refractivity contribution in [3.05, 3.63) is 34.9 Å². The molecule has 0 saturated heterocycles. The highest BCUT2D eigenvalue weighted by Crippen LogP contribution is 2.42. The van der Waals surface area contributed by atoms with Crippen molar-refractivity contribution in [3.63, 3.8) is 0 Å². The van der Waals surface area contributed by atoms with E-state index in [1.54, 1.807) is 6.07 Å². The maximum Gasteiger partial charge on any atom is 0.438 e. The van der Waals surface area contributed by atoms with Crippen molar-refractivity contribution in [2.75, 3.05) is 0 Å². The highest BCUT2D eigenvalue weighted by atomic mass is 35.5. The van der Waals surface area contributed by atoms with Crippen LogP contribution in [-0.4, -0.2) is 33.6 Å². The van der Waals surface area contributed by atoms with Crippen LogP contribution in [0.2, 0.25) is 5.02 Å². The second-order valence-electron chi connectivity index (χ2n) is 5.71. The lowest BCUT2D eigenvalue weighted by atomic mass is 10.0. The minimum atomic E-state index is -5.03. The largest absolute Gasteiger partial charge is 0.438 e. The summed E-state index contributed by atoms with van der Waals surface area (Å²) >= 11 is 5.88.